The molecule has 0 saturated heterocycles. The number of nitrogens with one attached hydrogen (secondary N) is 2. The molecule has 0 radical (unpaired) electrons. The monoisotopic (exact) mass is 307 g/mol. The number of nitrogens with zero attached hydrogens (tertiary/aromatic N) is 1. The summed E-state index contributed by atoms with van der Waals surface area (Å²) in [6, 6.07) is 10.0. The first-order valence-corrected chi connectivity index (χ1v) is 7.80. The lowest BCUT2D eigenvalue weighted by atomic mass is 10.1. The van der Waals surface area contributed by atoms with Gasteiger partial charge in [-0.1, -0.05) is 23.7 Å². The van der Waals surface area contributed by atoms with Crippen LogP contribution in [0.25, 0.3) is 0 Å². The predicted molar refractivity (Wildman–Crippen MR) is 87.7 cm³/mol. The largest absolute Gasteiger partial charge is 0.356 e. The second kappa shape index (κ2) is 7.92. The Balaban J connectivity index is 1.72. The molecule has 1 aromatic carbocycles. The van der Waals surface area contributed by atoms with Crippen LogP contribution in [-0.2, 0) is 13.0 Å². The quantitative estimate of drug-likeness (QED) is 0.657. The first-order valence-electron chi connectivity index (χ1n) is 6.48. The Kier molecular flexibility index (Phi) is 5.89. The number of hydrogen-bond acceptors (Lipinski definition) is 2. The van der Waals surface area contributed by atoms with E-state index in [2.05, 4.69) is 32.5 Å². The second-order valence-electron chi connectivity index (χ2n) is 4.36. The molecule has 0 aliphatic rings. The van der Waals surface area contributed by atoms with Crippen LogP contribution in [0, 0.1) is 0 Å². The van der Waals surface area contributed by atoms with E-state index in [0.717, 1.165) is 30.5 Å². The summed E-state index contributed by atoms with van der Waals surface area (Å²) in [5, 5.41) is 11.6. The van der Waals surface area contributed by atoms with Crippen molar-refractivity contribution < 1.29 is 0 Å². The summed E-state index contributed by atoms with van der Waals surface area (Å²) < 4.78 is 0. The Bertz CT molecular complexity index is 535. The smallest absolute Gasteiger partial charge is 0.191 e. The molecule has 2 rings (SSSR count). The maximum atomic E-state index is 5.86. The third-order valence-electron chi connectivity index (χ3n) is 2.88. The first-order chi connectivity index (χ1) is 9.78. The van der Waals surface area contributed by atoms with E-state index < -0.39 is 0 Å². The Hall–Kier alpha value is -1.52. The zero-order valence-corrected chi connectivity index (χ0v) is 13.0. The van der Waals surface area contributed by atoms with Crippen molar-refractivity contribution in [2.24, 2.45) is 4.99 Å². The van der Waals surface area contributed by atoms with Crippen LogP contribution < -0.4 is 10.6 Å². The molecule has 3 nitrogen and oxygen atoms in total. The molecule has 20 heavy (non-hydrogen) atoms. The van der Waals surface area contributed by atoms with Crippen LogP contribution >= 0.6 is 22.9 Å². The summed E-state index contributed by atoms with van der Waals surface area (Å²) in [5.74, 6) is 0.824. The molecule has 0 bridgehead atoms. The van der Waals surface area contributed by atoms with Gasteiger partial charge in [0.25, 0.3) is 0 Å². The fourth-order valence-corrected chi connectivity index (χ4v) is 2.57. The molecular formula is C15H18ClN3S. The molecule has 0 amide bonds. The summed E-state index contributed by atoms with van der Waals surface area (Å²) >= 11 is 7.57. The van der Waals surface area contributed by atoms with Gasteiger partial charge in [0.05, 0.1) is 0 Å². The first kappa shape index (κ1) is 14.9. The van der Waals surface area contributed by atoms with E-state index in [9.17, 15) is 0 Å². The van der Waals surface area contributed by atoms with Gasteiger partial charge in [-0.25, -0.2) is 0 Å². The van der Waals surface area contributed by atoms with E-state index in [1.54, 1.807) is 18.4 Å². The van der Waals surface area contributed by atoms with Crippen molar-refractivity contribution in [2.75, 3.05) is 13.6 Å². The fraction of sp³-hybridized carbons (Fsp3) is 0.267. The lowest BCUT2D eigenvalue weighted by Gasteiger charge is -2.11. The van der Waals surface area contributed by atoms with Crippen LogP contribution in [0.2, 0.25) is 5.02 Å². The summed E-state index contributed by atoms with van der Waals surface area (Å²) in [7, 11) is 1.78. The van der Waals surface area contributed by atoms with Gasteiger partial charge in [-0.3, -0.25) is 4.99 Å². The van der Waals surface area contributed by atoms with E-state index in [0.29, 0.717) is 0 Å². The van der Waals surface area contributed by atoms with Gasteiger partial charge in [0.15, 0.2) is 5.96 Å². The van der Waals surface area contributed by atoms with Crippen molar-refractivity contribution in [3.05, 3.63) is 57.2 Å². The van der Waals surface area contributed by atoms with Gasteiger partial charge >= 0.3 is 0 Å². The van der Waals surface area contributed by atoms with Crippen molar-refractivity contribution in [3.63, 3.8) is 0 Å². The fourth-order valence-electron chi connectivity index (χ4n) is 1.78. The highest BCUT2D eigenvalue weighted by atomic mass is 35.5. The Morgan fingerprint density at radius 3 is 2.60 bits per heavy atom. The van der Waals surface area contributed by atoms with E-state index in [-0.39, 0.29) is 0 Å². The number of hydrogen-bond donors (Lipinski definition) is 2. The third kappa shape index (κ3) is 4.87. The number of aliphatic imine (C=N–C) groups is 1. The van der Waals surface area contributed by atoms with E-state index in [4.69, 9.17) is 11.6 Å². The summed E-state index contributed by atoms with van der Waals surface area (Å²) in [4.78, 5) is 4.21. The number of halogens is 1. The van der Waals surface area contributed by atoms with Gasteiger partial charge in [-0.2, -0.15) is 11.3 Å². The number of guanidine groups is 1. The molecule has 0 fully saturated rings. The SMILES string of the molecule is CN=C(NCCc1ccc(Cl)cc1)NCc1ccsc1. The van der Waals surface area contributed by atoms with Crippen molar-refractivity contribution in [2.45, 2.75) is 13.0 Å². The normalized spacial score (nSPS) is 11.4. The van der Waals surface area contributed by atoms with E-state index in [1.807, 2.05) is 24.3 Å². The topological polar surface area (TPSA) is 36.4 Å². The molecule has 1 heterocycles. The highest BCUT2D eigenvalue weighted by molar-refractivity contribution is 7.07. The molecule has 2 aromatic rings. The number of thiophene rings is 1. The summed E-state index contributed by atoms with van der Waals surface area (Å²) in [6.07, 6.45) is 0.941. The van der Waals surface area contributed by atoms with Gasteiger partial charge in [0.1, 0.15) is 0 Å². The molecule has 0 saturated carbocycles. The minimum atomic E-state index is 0.773. The van der Waals surface area contributed by atoms with Crippen molar-refractivity contribution in [1.82, 2.24) is 10.6 Å². The van der Waals surface area contributed by atoms with Crippen molar-refractivity contribution in [3.8, 4) is 0 Å². The highest BCUT2D eigenvalue weighted by Crippen LogP contribution is 2.09. The average molecular weight is 308 g/mol. The molecule has 5 heteroatoms. The van der Waals surface area contributed by atoms with E-state index >= 15 is 0 Å². The summed E-state index contributed by atoms with van der Waals surface area (Å²) in [5.41, 5.74) is 2.53. The Morgan fingerprint density at radius 2 is 1.95 bits per heavy atom. The standard InChI is InChI=1S/C15H18ClN3S/c1-17-15(19-10-13-7-9-20-11-13)18-8-6-12-2-4-14(16)5-3-12/h2-5,7,9,11H,6,8,10H2,1H3,(H2,17,18,19). The zero-order chi connectivity index (χ0) is 14.2. The third-order valence-corrected chi connectivity index (χ3v) is 3.87. The van der Waals surface area contributed by atoms with Crippen molar-refractivity contribution in [1.29, 1.82) is 0 Å². The van der Waals surface area contributed by atoms with Crippen LogP contribution in [-0.4, -0.2) is 19.6 Å². The zero-order valence-electron chi connectivity index (χ0n) is 11.4. The maximum absolute atomic E-state index is 5.86. The minimum Gasteiger partial charge on any atom is -0.356 e. The van der Waals surface area contributed by atoms with Crippen LogP contribution in [0.1, 0.15) is 11.1 Å². The predicted octanol–water partition coefficient (Wildman–Crippen LogP) is 3.31. The van der Waals surface area contributed by atoms with Gasteiger partial charge in [0, 0.05) is 25.2 Å². The van der Waals surface area contributed by atoms with E-state index in [1.165, 1.54) is 11.1 Å². The Labute approximate surface area is 128 Å². The van der Waals surface area contributed by atoms with Gasteiger partial charge in [0.2, 0.25) is 0 Å². The van der Waals surface area contributed by atoms with Crippen molar-refractivity contribution >= 4 is 28.9 Å². The second-order valence-corrected chi connectivity index (χ2v) is 5.58. The van der Waals surface area contributed by atoms with Gasteiger partial charge in [-0.15, -0.1) is 0 Å². The highest BCUT2D eigenvalue weighted by Gasteiger charge is 1.99. The molecule has 0 aliphatic carbocycles. The van der Waals surface area contributed by atoms with Crippen LogP contribution in [0.4, 0.5) is 0 Å². The van der Waals surface area contributed by atoms with Gasteiger partial charge < -0.3 is 10.6 Å². The molecule has 0 spiro atoms. The molecule has 1 aromatic heterocycles. The maximum Gasteiger partial charge on any atom is 0.191 e. The Morgan fingerprint density at radius 1 is 1.15 bits per heavy atom. The lowest BCUT2D eigenvalue weighted by Crippen LogP contribution is -2.37. The molecule has 0 unspecified atom stereocenters. The molecular weight excluding hydrogens is 290 g/mol. The average Bonchev–Trinajstić information content (AvgIpc) is 2.98. The molecule has 0 atom stereocenters. The van der Waals surface area contributed by atoms with Gasteiger partial charge in [-0.05, 0) is 46.5 Å². The lowest BCUT2D eigenvalue weighted by molar-refractivity contribution is 0.796. The van der Waals surface area contributed by atoms with Crippen LogP contribution in [0.15, 0.2) is 46.1 Å². The van der Waals surface area contributed by atoms with Crippen LogP contribution in [0.3, 0.4) is 0 Å². The summed E-state index contributed by atoms with van der Waals surface area (Å²) in [6.45, 7) is 1.63. The number of benzene rings is 1. The molecule has 106 valence electrons. The minimum absolute atomic E-state index is 0.773. The molecule has 2 N–H and O–H groups in total. The van der Waals surface area contributed by atoms with Crippen LogP contribution in [0.5, 0.6) is 0 Å². The molecule has 0 aliphatic heterocycles. The number of rotatable bonds is 5.